The summed E-state index contributed by atoms with van der Waals surface area (Å²) in [7, 11) is -4.06. The van der Waals surface area contributed by atoms with Gasteiger partial charge in [0.25, 0.3) is 0 Å². The molecule has 0 aliphatic heterocycles. The molecular weight excluding hydrogens is 572 g/mol. The Morgan fingerprint density at radius 3 is 2.48 bits per heavy atom. The largest absolute Gasteiger partial charge is 0.490 e. The van der Waals surface area contributed by atoms with E-state index in [-0.39, 0.29) is 10.6 Å². The van der Waals surface area contributed by atoms with Gasteiger partial charge < -0.3 is 8.92 Å². The lowest BCUT2D eigenvalue weighted by molar-refractivity contribution is 0.327. The van der Waals surface area contributed by atoms with Crippen LogP contribution in [-0.4, -0.2) is 21.2 Å². The van der Waals surface area contributed by atoms with E-state index in [4.69, 9.17) is 32.1 Å². The lowest BCUT2D eigenvalue weighted by atomic mass is 10.2. The van der Waals surface area contributed by atoms with Crippen molar-refractivity contribution in [3.63, 3.8) is 0 Å². The van der Waals surface area contributed by atoms with Crippen LogP contribution in [0.15, 0.2) is 64.5 Å². The van der Waals surface area contributed by atoms with E-state index >= 15 is 0 Å². The van der Waals surface area contributed by atoms with Crippen molar-refractivity contribution in [3.8, 4) is 11.5 Å². The monoisotopic (exact) mass is 589 g/mol. The highest BCUT2D eigenvalue weighted by atomic mass is 127. The Balaban J connectivity index is 1.96. The number of benzene rings is 3. The minimum Gasteiger partial charge on any atom is -0.490 e. The molecule has 0 radical (unpaired) electrons. The van der Waals surface area contributed by atoms with Gasteiger partial charge in [0.1, 0.15) is 4.90 Å². The summed E-state index contributed by atoms with van der Waals surface area (Å²) in [4.78, 5) is 4.50. The Bertz CT molecular complexity index is 1230. The van der Waals surface area contributed by atoms with Crippen LogP contribution in [0.2, 0.25) is 10.0 Å². The first-order valence-electron chi connectivity index (χ1n) is 9.17. The van der Waals surface area contributed by atoms with Crippen LogP contribution in [-0.2, 0) is 10.1 Å². The van der Waals surface area contributed by atoms with Crippen LogP contribution < -0.4 is 8.92 Å². The normalized spacial score (nSPS) is 11.6. The predicted octanol–water partition coefficient (Wildman–Crippen LogP) is 6.82. The van der Waals surface area contributed by atoms with Gasteiger partial charge in [-0.25, -0.2) is 0 Å². The van der Waals surface area contributed by atoms with Crippen molar-refractivity contribution in [3.05, 3.63) is 79.3 Å². The maximum Gasteiger partial charge on any atom is 0.339 e. The smallest absolute Gasteiger partial charge is 0.339 e. The Morgan fingerprint density at radius 1 is 1.10 bits per heavy atom. The Kier molecular flexibility index (Phi) is 7.85. The number of ether oxygens (including phenoxy) is 1. The highest BCUT2D eigenvalue weighted by Gasteiger charge is 2.22. The molecule has 9 heteroatoms. The second kappa shape index (κ2) is 10.2. The molecule has 3 aromatic rings. The molecule has 0 saturated heterocycles. The fourth-order valence-electron chi connectivity index (χ4n) is 2.65. The van der Waals surface area contributed by atoms with Gasteiger partial charge in [-0.1, -0.05) is 29.3 Å². The fourth-order valence-corrected chi connectivity index (χ4v) is 4.78. The lowest BCUT2D eigenvalue weighted by Gasteiger charge is -2.14. The van der Waals surface area contributed by atoms with Crippen LogP contribution in [0.5, 0.6) is 11.5 Å². The average Bonchev–Trinajstić information content (AvgIpc) is 2.72. The molecule has 0 N–H and O–H groups in total. The zero-order valence-corrected chi connectivity index (χ0v) is 21.1. The molecule has 0 unspecified atom stereocenters. The fraction of sp³-hybridized carbons (Fsp3) is 0.136. The van der Waals surface area contributed by atoms with Crippen LogP contribution >= 0.6 is 45.8 Å². The summed E-state index contributed by atoms with van der Waals surface area (Å²) in [6, 6.07) is 14.7. The van der Waals surface area contributed by atoms with Gasteiger partial charge in [-0.3, -0.25) is 4.99 Å². The molecule has 0 amide bonds. The molecule has 162 valence electrons. The predicted molar refractivity (Wildman–Crippen MR) is 133 cm³/mol. The molecule has 0 atom stereocenters. The first kappa shape index (κ1) is 23.8. The van der Waals surface area contributed by atoms with E-state index < -0.39 is 10.1 Å². The van der Waals surface area contributed by atoms with Crippen LogP contribution in [0.3, 0.4) is 0 Å². The Labute approximate surface area is 205 Å². The summed E-state index contributed by atoms with van der Waals surface area (Å²) in [6.07, 6.45) is 1.67. The van der Waals surface area contributed by atoms with Gasteiger partial charge in [0.2, 0.25) is 0 Å². The zero-order valence-electron chi connectivity index (χ0n) is 16.6. The zero-order chi connectivity index (χ0) is 22.6. The summed E-state index contributed by atoms with van der Waals surface area (Å²) in [5, 5.41) is 1.07. The van der Waals surface area contributed by atoms with E-state index in [1.165, 1.54) is 24.3 Å². The highest BCUT2D eigenvalue weighted by Crippen LogP contribution is 2.36. The molecular formula is C22H18Cl2INO4S. The number of halogens is 3. The molecule has 0 spiro atoms. The van der Waals surface area contributed by atoms with Crippen molar-refractivity contribution in [1.82, 2.24) is 0 Å². The molecule has 0 bridgehead atoms. The average molecular weight is 590 g/mol. The summed E-state index contributed by atoms with van der Waals surface area (Å²) in [5.74, 6) is 0.421. The third-order valence-electron chi connectivity index (χ3n) is 4.22. The van der Waals surface area contributed by atoms with Gasteiger partial charge in [0, 0.05) is 16.3 Å². The van der Waals surface area contributed by atoms with Crippen molar-refractivity contribution >= 4 is 67.8 Å². The summed E-state index contributed by atoms with van der Waals surface area (Å²) in [5.41, 5.74) is 2.34. The Hall–Kier alpha value is -1.81. The lowest BCUT2D eigenvalue weighted by Crippen LogP contribution is -2.12. The third-order valence-corrected chi connectivity index (χ3v) is 6.92. The van der Waals surface area contributed by atoms with Crippen LogP contribution in [0, 0.1) is 10.5 Å². The number of hydrogen-bond donors (Lipinski definition) is 0. The summed E-state index contributed by atoms with van der Waals surface area (Å²) < 4.78 is 37.1. The second-order valence-corrected chi connectivity index (χ2v) is 9.95. The maximum absolute atomic E-state index is 12.7. The highest BCUT2D eigenvalue weighted by molar-refractivity contribution is 14.1. The molecule has 0 fully saturated rings. The first-order chi connectivity index (χ1) is 14.7. The summed E-state index contributed by atoms with van der Waals surface area (Å²) in [6.45, 7) is 4.03. The van der Waals surface area contributed by atoms with Crippen molar-refractivity contribution in [1.29, 1.82) is 0 Å². The van der Waals surface area contributed by atoms with Crippen molar-refractivity contribution in [2.45, 2.75) is 18.7 Å². The van der Waals surface area contributed by atoms with Gasteiger partial charge in [0.05, 0.1) is 15.9 Å². The molecule has 0 aliphatic carbocycles. The van der Waals surface area contributed by atoms with Crippen molar-refractivity contribution in [2.75, 3.05) is 6.61 Å². The Morgan fingerprint density at radius 2 is 1.81 bits per heavy atom. The topological polar surface area (TPSA) is 65.0 Å². The van der Waals surface area contributed by atoms with Crippen LogP contribution in [0.25, 0.3) is 0 Å². The molecule has 5 nitrogen and oxygen atoms in total. The van der Waals surface area contributed by atoms with E-state index in [0.29, 0.717) is 26.0 Å². The molecule has 3 aromatic carbocycles. The minimum absolute atomic E-state index is 0.00257. The summed E-state index contributed by atoms with van der Waals surface area (Å²) >= 11 is 14.0. The van der Waals surface area contributed by atoms with E-state index in [1.807, 2.05) is 41.6 Å². The molecule has 0 heterocycles. The second-order valence-electron chi connectivity index (χ2n) is 6.40. The van der Waals surface area contributed by atoms with Crippen LogP contribution in [0.1, 0.15) is 18.1 Å². The maximum atomic E-state index is 12.7. The van der Waals surface area contributed by atoms with Gasteiger partial charge in [-0.2, -0.15) is 8.42 Å². The quantitative estimate of drug-likeness (QED) is 0.172. The molecule has 31 heavy (non-hydrogen) atoms. The van der Waals surface area contributed by atoms with Gasteiger partial charge in [0.15, 0.2) is 11.5 Å². The van der Waals surface area contributed by atoms with Gasteiger partial charge >= 0.3 is 10.1 Å². The number of rotatable bonds is 7. The van der Waals surface area contributed by atoms with E-state index in [9.17, 15) is 8.42 Å². The molecule has 0 saturated carbocycles. The number of hydrogen-bond acceptors (Lipinski definition) is 5. The van der Waals surface area contributed by atoms with E-state index in [2.05, 4.69) is 4.99 Å². The van der Waals surface area contributed by atoms with E-state index in [1.54, 1.807) is 31.3 Å². The first-order valence-corrected chi connectivity index (χ1v) is 12.4. The van der Waals surface area contributed by atoms with Crippen LogP contribution in [0.4, 0.5) is 5.69 Å². The van der Waals surface area contributed by atoms with E-state index in [0.717, 1.165) is 16.8 Å². The third kappa shape index (κ3) is 5.91. The molecule has 0 aromatic heterocycles. The number of aliphatic imine (C=N–C) groups is 1. The SMILES string of the molecule is CCOc1cc(C=Nc2cccc(Cl)c2C)cc(I)c1OS(=O)(=O)c1ccc(Cl)cc1. The van der Waals surface area contributed by atoms with Gasteiger partial charge in [-0.15, -0.1) is 0 Å². The standard InChI is InChI=1S/C22H18Cl2INO4S/c1-3-29-21-12-15(13-26-20-6-4-5-18(24)14(20)2)11-19(25)22(21)30-31(27,28)17-9-7-16(23)8-10-17/h4-13H,3H2,1-2H3. The van der Waals surface area contributed by atoms with Crippen molar-refractivity contribution in [2.24, 2.45) is 4.99 Å². The van der Waals surface area contributed by atoms with Crippen molar-refractivity contribution < 1.29 is 17.3 Å². The number of nitrogens with zero attached hydrogens (tertiary/aromatic N) is 1. The molecule has 3 rings (SSSR count). The minimum atomic E-state index is -4.06. The van der Waals surface area contributed by atoms with Gasteiger partial charge in [-0.05, 0) is 96.1 Å². The molecule has 0 aliphatic rings.